The van der Waals surface area contributed by atoms with Gasteiger partial charge in [-0.3, -0.25) is 4.79 Å². The number of amides is 1. The lowest BCUT2D eigenvalue weighted by atomic mass is 9.92. The van der Waals surface area contributed by atoms with Gasteiger partial charge in [-0.25, -0.2) is 0 Å². The molecule has 1 aromatic rings. The Morgan fingerprint density at radius 2 is 2.32 bits per heavy atom. The fourth-order valence-electron chi connectivity index (χ4n) is 1.94. The molecule has 1 fully saturated rings. The molecule has 0 bridgehead atoms. The quantitative estimate of drug-likeness (QED) is 0.804. The molecule has 1 aliphatic heterocycles. The molecule has 2 rings (SSSR count). The van der Waals surface area contributed by atoms with Crippen molar-refractivity contribution in [2.75, 3.05) is 19.8 Å². The Labute approximate surface area is 116 Å². The Bertz CT molecular complexity index is 506. The summed E-state index contributed by atoms with van der Waals surface area (Å²) in [6, 6.07) is 1.76. The summed E-state index contributed by atoms with van der Waals surface area (Å²) < 4.78 is 5.31. The molecule has 1 aromatic heterocycles. The highest BCUT2D eigenvalue weighted by molar-refractivity contribution is 7.10. The second kappa shape index (κ2) is 6.20. The number of carbonyl (C=O) groups is 1. The monoisotopic (exact) mass is 279 g/mol. The van der Waals surface area contributed by atoms with Crippen LogP contribution in [0.2, 0.25) is 0 Å². The van der Waals surface area contributed by atoms with E-state index in [1.165, 1.54) is 11.3 Å². The van der Waals surface area contributed by atoms with Gasteiger partial charge in [0.25, 0.3) is 5.91 Å². The van der Waals surface area contributed by atoms with Gasteiger partial charge >= 0.3 is 0 Å². The molecule has 2 N–H and O–H groups in total. The molecule has 0 aliphatic carbocycles. The van der Waals surface area contributed by atoms with Crippen molar-refractivity contribution in [3.8, 4) is 11.8 Å². The predicted octanol–water partition coefficient (Wildman–Crippen LogP) is 1.39. The molecule has 1 aliphatic rings. The van der Waals surface area contributed by atoms with Crippen LogP contribution in [0.4, 0.5) is 0 Å². The summed E-state index contributed by atoms with van der Waals surface area (Å²) in [5, 5.41) is 13.5. The van der Waals surface area contributed by atoms with Gasteiger partial charge in [-0.15, -0.1) is 11.3 Å². The van der Waals surface area contributed by atoms with E-state index >= 15 is 0 Å². The molecule has 1 saturated heterocycles. The Morgan fingerprint density at radius 3 is 3.00 bits per heavy atom. The third kappa shape index (κ3) is 3.80. The molecular formula is C14H17NO3S. The number of aliphatic hydroxyl groups excluding tert-OH is 1. The van der Waals surface area contributed by atoms with Crippen molar-refractivity contribution in [1.82, 2.24) is 5.32 Å². The Balaban J connectivity index is 2.01. The average molecular weight is 279 g/mol. The van der Waals surface area contributed by atoms with Crippen molar-refractivity contribution < 1.29 is 14.6 Å². The number of nitrogens with one attached hydrogen (secondary N) is 1. The van der Waals surface area contributed by atoms with Gasteiger partial charge in [0.1, 0.15) is 6.61 Å². The van der Waals surface area contributed by atoms with Crippen LogP contribution in [0, 0.1) is 11.8 Å². The minimum Gasteiger partial charge on any atom is -0.384 e. The lowest BCUT2D eigenvalue weighted by molar-refractivity contribution is 0.0423. The Morgan fingerprint density at radius 1 is 1.58 bits per heavy atom. The minimum atomic E-state index is -0.186. The molecule has 4 nitrogen and oxygen atoms in total. The van der Waals surface area contributed by atoms with Crippen molar-refractivity contribution >= 4 is 17.2 Å². The molecule has 0 aromatic carbocycles. The highest BCUT2D eigenvalue weighted by atomic mass is 32.1. The first kappa shape index (κ1) is 14.1. The number of carbonyl (C=O) groups excluding carboxylic acids is 1. The summed E-state index contributed by atoms with van der Waals surface area (Å²) in [6.07, 6.45) is 1.67. The molecule has 0 radical (unpaired) electrons. The second-order valence-electron chi connectivity index (χ2n) is 4.79. The highest BCUT2D eigenvalue weighted by Gasteiger charge is 2.29. The zero-order valence-electron chi connectivity index (χ0n) is 10.9. The standard InChI is InChI=1S/C14H17NO3S/c1-14(4-7-18-8-5-14)15-13(17)11-9-12(19-10-11)3-2-6-16/h9-10,16H,4-8H2,1H3,(H,15,17). The topological polar surface area (TPSA) is 58.6 Å². The highest BCUT2D eigenvalue weighted by Crippen LogP contribution is 2.21. The van der Waals surface area contributed by atoms with Crippen LogP contribution in [0.25, 0.3) is 0 Å². The van der Waals surface area contributed by atoms with Crippen LogP contribution in [-0.2, 0) is 4.74 Å². The SMILES string of the molecule is CC1(NC(=O)c2csc(C#CCO)c2)CCOCC1. The fraction of sp³-hybridized carbons (Fsp3) is 0.500. The zero-order valence-corrected chi connectivity index (χ0v) is 11.7. The van der Waals surface area contributed by atoms with E-state index in [4.69, 9.17) is 9.84 Å². The summed E-state index contributed by atoms with van der Waals surface area (Å²) in [5.41, 5.74) is 0.439. The maximum absolute atomic E-state index is 12.2. The number of hydrogen-bond donors (Lipinski definition) is 2. The molecule has 0 atom stereocenters. The number of aliphatic hydroxyl groups is 1. The normalized spacial score (nSPS) is 17.4. The van der Waals surface area contributed by atoms with E-state index in [1.807, 2.05) is 6.92 Å². The second-order valence-corrected chi connectivity index (χ2v) is 5.70. The summed E-state index contributed by atoms with van der Waals surface area (Å²) in [7, 11) is 0. The average Bonchev–Trinajstić information content (AvgIpc) is 2.85. The smallest absolute Gasteiger partial charge is 0.252 e. The van der Waals surface area contributed by atoms with E-state index in [0.29, 0.717) is 18.8 Å². The van der Waals surface area contributed by atoms with Crippen molar-refractivity contribution in [3.63, 3.8) is 0 Å². The zero-order chi connectivity index (χ0) is 13.7. The van der Waals surface area contributed by atoms with Gasteiger partial charge in [0.2, 0.25) is 0 Å². The minimum absolute atomic E-state index is 0.0716. The molecule has 102 valence electrons. The van der Waals surface area contributed by atoms with Crippen LogP contribution in [0.3, 0.4) is 0 Å². The van der Waals surface area contributed by atoms with E-state index in [-0.39, 0.29) is 18.1 Å². The van der Waals surface area contributed by atoms with Gasteiger partial charge in [0.15, 0.2) is 0 Å². The number of rotatable bonds is 2. The first-order valence-electron chi connectivity index (χ1n) is 6.21. The maximum atomic E-state index is 12.2. The van der Waals surface area contributed by atoms with E-state index < -0.39 is 0 Å². The van der Waals surface area contributed by atoms with E-state index in [2.05, 4.69) is 17.2 Å². The van der Waals surface area contributed by atoms with Crippen LogP contribution in [0.15, 0.2) is 11.4 Å². The summed E-state index contributed by atoms with van der Waals surface area (Å²) in [4.78, 5) is 13.0. The number of ether oxygens (including phenoxy) is 1. The number of thiophene rings is 1. The van der Waals surface area contributed by atoms with Crippen molar-refractivity contribution in [1.29, 1.82) is 0 Å². The largest absolute Gasteiger partial charge is 0.384 e. The van der Waals surface area contributed by atoms with Crippen LogP contribution in [-0.4, -0.2) is 36.4 Å². The van der Waals surface area contributed by atoms with E-state index in [1.54, 1.807) is 11.4 Å². The van der Waals surface area contributed by atoms with Gasteiger partial charge in [0, 0.05) is 24.1 Å². The van der Waals surface area contributed by atoms with Crippen LogP contribution >= 0.6 is 11.3 Å². The molecule has 2 heterocycles. The Kier molecular flexibility index (Phi) is 4.59. The number of hydrogen-bond acceptors (Lipinski definition) is 4. The van der Waals surface area contributed by atoms with Crippen molar-refractivity contribution in [2.24, 2.45) is 0 Å². The first-order valence-corrected chi connectivity index (χ1v) is 7.09. The van der Waals surface area contributed by atoms with E-state index in [9.17, 15) is 4.79 Å². The molecule has 0 spiro atoms. The van der Waals surface area contributed by atoms with Crippen LogP contribution in [0.1, 0.15) is 35.0 Å². The van der Waals surface area contributed by atoms with Gasteiger partial charge in [0.05, 0.1) is 10.4 Å². The summed E-state index contributed by atoms with van der Waals surface area (Å²) >= 11 is 1.41. The molecule has 5 heteroatoms. The maximum Gasteiger partial charge on any atom is 0.252 e. The molecular weight excluding hydrogens is 262 g/mol. The lowest BCUT2D eigenvalue weighted by Crippen LogP contribution is -2.49. The summed E-state index contributed by atoms with van der Waals surface area (Å²) in [5.74, 6) is 5.30. The summed E-state index contributed by atoms with van der Waals surface area (Å²) in [6.45, 7) is 3.26. The molecule has 19 heavy (non-hydrogen) atoms. The van der Waals surface area contributed by atoms with Gasteiger partial charge < -0.3 is 15.2 Å². The molecule has 0 saturated carbocycles. The first-order chi connectivity index (χ1) is 9.13. The van der Waals surface area contributed by atoms with Crippen LogP contribution in [0.5, 0.6) is 0 Å². The molecule has 0 unspecified atom stereocenters. The third-order valence-corrected chi connectivity index (χ3v) is 4.01. The van der Waals surface area contributed by atoms with Crippen LogP contribution < -0.4 is 5.32 Å². The van der Waals surface area contributed by atoms with Gasteiger partial charge in [-0.1, -0.05) is 11.8 Å². The molecule has 1 amide bonds. The predicted molar refractivity (Wildman–Crippen MR) is 74.2 cm³/mol. The van der Waals surface area contributed by atoms with Crippen molar-refractivity contribution in [2.45, 2.75) is 25.3 Å². The van der Waals surface area contributed by atoms with E-state index in [0.717, 1.165) is 17.7 Å². The Hall–Kier alpha value is -1.35. The van der Waals surface area contributed by atoms with Gasteiger partial charge in [-0.05, 0) is 25.8 Å². The third-order valence-electron chi connectivity index (χ3n) is 3.16. The lowest BCUT2D eigenvalue weighted by Gasteiger charge is -2.34. The fourth-order valence-corrected chi connectivity index (χ4v) is 2.70. The van der Waals surface area contributed by atoms with Crippen molar-refractivity contribution in [3.05, 3.63) is 21.9 Å². The van der Waals surface area contributed by atoms with Gasteiger partial charge in [-0.2, -0.15) is 0 Å².